The third kappa shape index (κ3) is 2.11. The molecule has 0 fully saturated rings. The van der Waals surface area contributed by atoms with Crippen molar-refractivity contribution in [2.24, 2.45) is 0 Å². The molecule has 1 amide bonds. The Morgan fingerprint density at radius 3 is 2.70 bits per heavy atom. The SMILES string of the molecule is C=CCN1C(=O)C(O)=C(C(C)=O)C1c1ccccc1F. The summed E-state index contributed by atoms with van der Waals surface area (Å²) >= 11 is 0. The summed E-state index contributed by atoms with van der Waals surface area (Å²) in [5.74, 6) is -2.31. The van der Waals surface area contributed by atoms with Crippen LogP contribution in [0.25, 0.3) is 0 Å². The summed E-state index contributed by atoms with van der Waals surface area (Å²) in [4.78, 5) is 24.9. The molecule has 0 aromatic heterocycles. The zero-order valence-corrected chi connectivity index (χ0v) is 11.0. The van der Waals surface area contributed by atoms with E-state index in [4.69, 9.17) is 0 Å². The van der Waals surface area contributed by atoms with Crippen LogP contribution < -0.4 is 0 Å². The molecule has 1 N–H and O–H groups in total. The molecule has 0 bridgehead atoms. The molecule has 1 aliphatic heterocycles. The van der Waals surface area contributed by atoms with Crippen LogP contribution in [0.3, 0.4) is 0 Å². The molecule has 0 radical (unpaired) electrons. The molecule has 104 valence electrons. The van der Waals surface area contributed by atoms with Crippen molar-refractivity contribution in [1.29, 1.82) is 0 Å². The Kier molecular flexibility index (Phi) is 3.70. The number of hydrogen-bond donors (Lipinski definition) is 1. The number of amides is 1. The number of ketones is 1. The first-order chi connectivity index (χ1) is 9.49. The number of halogens is 1. The van der Waals surface area contributed by atoms with E-state index in [0.29, 0.717) is 0 Å². The molecule has 0 saturated heterocycles. The summed E-state index contributed by atoms with van der Waals surface area (Å²) < 4.78 is 14.0. The van der Waals surface area contributed by atoms with E-state index in [9.17, 15) is 19.1 Å². The number of nitrogens with zero attached hydrogens (tertiary/aromatic N) is 1. The van der Waals surface area contributed by atoms with Gasteiger partial charge in [0.05, 0.1) is 11.6 Å². The van der Waals surface area contributed by atoms with Crippen LogP contribution in [0.2, 0.25) is 0 Å². The third-order valence-corrected chi connectivity index (χ3v) is 3.21. The molecule has 0 aliphatic carbocycles. The summed E-state index contributed by atoms with van der Waals surface area (Å²) in [7, 11) is 0. The van der Waals surface area contributed by atoms with Crippen molar-refractivity contribution in [3.05, 3.63) is 59.6 Å². The van der Waals surface area contributed by atoms with E-state index in [-0.39, 0.29) is 17.7 Å². The molecule has 1 atom stereocenters. The summed E-state index contributed by atoms with van der Waals surface area (Å²) in [6.07, 6.45) is 1.46. The number of carbonyl (C=O) groups is 2. The number of Topliss-reactive ketones (excluding diaryl/α,β-unsaturated/α-hetero) is 1. The normalized spacial score (nSPS) is 18.6. The van der Waals surface area contributed by atoms with Crippen molar-refractivity contribution in [1.82, 2.24) is 4.90 Å². The fourth-order valence-corrected chi connectivity index (χ4v) is 2.36. The van der Waals surface area contributed by atoms with Gasteiger partial charge in [-0.15, -0.1) is 6.58 Å². The van der Waals surface area contributed by atoms with Gasteiger partial charge in [0, 0.05) is 12.1 Å². The highest BCUT2D eigenvalue weighted by atomic mass is 19.1. The molecule has 0 spiro atoms. The molecular weight excluding hydrogens is 261 g/mol. The molecule has 0 saturated carbocycles. The van der Waals surface area contributed by atoms with Gasteiger partial charge in [-0.1, -0.05) is 24.3 Å². The Hall–Kier alpha value is -2.43. The van der Waals surface area contributed by atoms with Crippen molar-refractivity contribution in [2.75, 3.05) is 6.54 Å². The van der Waals surface area contributed by atoms with E-state index in [2.05, 4.69) is 6.58 Å². The van der Waals surface area contributed by atoms with Crippen molar-refractivity contribution in [2.45, 2.75) is 13.0 Å². The maximum absolute atomic E-state index is 14.0. The largest absolute Gasteiger partial charge is 0.503 e. The maximum atomic E-state index is 14.0. The minimum atomic E-state index is -0.917. The van der Waals surface area contributed by atoms with Crippen molar-refractivity contribution in [3.63, 3.8) is 0 Å². The van der Waals surface area contributed by atoms with Crippen LogP contribution in [-0.4, -0.2) is 28.2 Å². The van der Waals surface area contributed by atoms with Gasteiger partial charge in [-0.25, -0.2) is 4.39 Å². The molecule has 1 heterocycles. The first kappa shape index (κ1) is 14.0. The van der Waals surface area contributed by atoms with Gasteiger partial charge < -0.3 is 10.0 Å². The lowest BCUT2D eigenvalue weighted by molar-refractivity contribution is -0.128. The summed E-state index contributed by atoms with van der Waals surface area (Å²) in [6, 6.07) is 4.95. The minimum absolute atomic E-state index is 0.0815. The highest BCUT2D eigenvalue weighted by molar-refractivity contribution is 6.08. The molecule has 1 aromatic carbocycles. The molecule has 4 nitrogen and oxygen atoms in total. The van der Waals surface area contributed by atoms with Crippen molar-refractivity contribution in [3.8, 4) is 0 Å². The second-order valence-corrected chi connectivity index (χ2v) is 4.49. The average Bonchev–Trinajstić information content (AvgIpc) is 2.65. The fraction of sp³-hybridized carbons (Fsp3) is 0.200. The molecular formula is C15H14FNO3. The number of aliphatic hydroxyl groups excluding tert-OH is 1. The van der Waals surface area contributed by atoms with Crippen LogP contribution >= 0.6 is 0 Å². The zero-order valence-electron chi connectivity index (χ0n) is 11.0. The Morgan fingerprint density at radius 2 is 2.15 bits per heavy atom. The fourth-order valence-electron chi connectivity index (χ4n) is 2.36. The van der Waals surface area contributed by atoms with Crippen molar-refractivity contribution < 1.29 is 19.1 Å². The summed E-state index contributed by atoms with van der Waals surface area (Å²) in [5.41, 5.74) is 0.0962. The third-order valence-electron chi connectivity index (χ3n) is 3.21. The molecule has 1 aromatic rings. The topological polar surface area (TPSA) is 57.6 Å². The van der Waals surface area contributed by atoms with Gasteiger partial charge in [0.25, 0.3) is 5.91 Å². The first-order valence-corrected chi connectivity index (χ1v) is 6.09. The maximum Gasteiger partial charge on any atom is 0.290 e. The Balaban J connectivity index is 2.61. The quantitative estimate of drug-likeness (QED) is 0.858. The van der Waals surface area contributed by atoms with Crippen LogP contribution in [0.1, 0.15) is 18.5 Å². The molecule has 5 heteroatoms. The molecule has 2 rings (SSSR count). The lowest BCUT2D eigenvalue weighted by Gasteiger charge is -2.25. The number of hydrogen-bond acceptors (Lipinski definition) is 3. The molecule has 1 unspecified atom stereocenters. The molecule has 20 heavy (non-hydrogen) atoms. The number of aliphatic hydroxyl groups is 1. The van der Waals surface area contributed by atoms with Crippen molar-refractivity contribution >= 4 is 11.7 Å². The van der Waals surface area contributed by atoms with Gasteiger partial charge in [0.15, 0.2) is 11.5 Å². The van der Waals surface area contributed by atoms with E-state index in [1.54, 1.807) is 6.07 Å². The minimum Gasteiger partial charge on any atom is -0.503 e. The summed E-state index contributed by atoms with van der Waals surface area (Å²) in [5, 5.41) is 9.86. The van der Waals surface area contributed by atoms with Crippen LogP contribution in [0, 0.1) is 5.82 Å². The second-order valence-electron chi connectivity index (χ2n) is 4.49. The number of benzene rings is 1. The highest BCUT2D eigenvalue weighted by Crippen LogP contribution is 2.38. The Bertz CT molecular complexity index is 621. The van der Waals surface area contributed by atoms with E-state index >= 15 is 0 Å². The van der Waals surface area contributed by atoms with Crippen LogP contribution in [0.15, 0.2) is 48.3 Å². The van der Waals surface area contributed by atoms with Gasteiger partial charge in [-0.3, -0.25) is 9.59 Å². The van der Waals surface area contributed by atoms with E-state index in [1.807, 2.05) is 0 Å². The van der Waals surface area contributed by atoms with E-state index in [1.165, 1.54) is 36.1 Å². The zero-order chi connectivity index (χ0) is 14.9. The van der Waals surface area contributed by atoms with Gasteiger partial charge >= 0.3 is 0 Å². The number of rotatable bonds is 4. The van der Waals surface area contributed by atoms with Crippen LogP contribution in [0.5, 0.6) is 0 Å². The van der Waals surface area contributed by atoms with E-state index in [0.717, 1.165) is 0 Å². The number of carbonyl (C=O) groups excluding carboxylic acids is 2. The Labute approximate surface area is 115 Å². The Morgan fingerprint density at radius 1 is 1.50 bits per heavy atom. The summed E-state index contributed by atoms with van der Waals surface area (Å²) in [6.45, 7) is 4.88. The molecule has 1 aliphatic rings. The lowest BCUT2D eigenvalue weighted by Crippen LogP contribution is -2.31. The average molecular weight is 275 g/mol. The lowest BCUT2D eigenvalue weighted by atomic mass is 9.96. The second kappa shape index (κ2) is 5.28. The smallest absolute Gasteiger partial charge is 0.290 e. The van der Waals surface area contributed by atoms with E-state index < -0.39 is 29.3 Å². The standard InChI is InChI=1S/C15H14FNO3/c1-3-8-17-13(10-6-4-5-7-11(10)16)12(9(2)18)14(19)15(17)20/h3-7,13,19H,1,8H2,2H3. The van der Waals surface area contributed by atoms with Gasteiger partial charge in [-0.05, 0) is 13.0 Å². The first-order valence-electron chi connectivity index (χ1n) is 6.09. The highest BCUT2D eigenvalue weighted by Gasteiger charge is 2.42. The van der Waals surface area contributed by atoms with Crippen LogP contribution in [-0.2, 0) is 9.59 Å². The van der Waals surface area contributed by atoms with Crippen LogP contribution in [0.4, 0.5) is 4.39 Å². The van der Waals surface area contributed by atoms with Gasteiger partial charge in [0.2, 0.25) is 0 Å². The predicted molar refractivity (Wildman–Crippen MR) is 71.4 cm³/mol. The van der Waals surface area contributed by atoms with Gasteiger partial charge in [0.1, 0.15) is 5.82 Å². The monoisotopic (exact) mass is 275 g/mol. The van der Waals surface area contributed by atoms with Gasteiger partial charge in [-0.2, -0.15) is 0 Å². The predicted octanol–water partition coefficient (Wildman–Crippen LogP) is 2.30.